The number of nitrogens with zero attached hydrogens (tertiary/aromatic N) is 6. The Bertz CT molecular complexity index is 1080. The summed E-state index contributed by atoms with van der Waals surface area (Å²) in [5.41, 5.74) is 1.92. The first-order chi connectivity index (χ1) is 14.5. The standard InChI is InChI=1S/C21H23ClFN7/c1-29(2)15-8-13-4-5-14(9-15)30(13)21-24-10-18-19(28-21)20(26-11-25-18)27-12-3-6-17(23)16(22)7-12/h3,6-7,10-11,13-15H,4-5,8-9H2,1-2H3,(H,25,26,27). The van der Waals surface area contributed by atoms with Crippen LogP contribution in [0.5, 0.6) is 0 Å². The summed E-state index contributed by atoms with van der Waals surface area (Å²) in [6.07, 6.45) is 7.79. The van der Waals surface area contributed by atoms with Crippen LogP contribution in [0.2, 0.25) is 5.02 Å². The van der Waals surface area contributed by atoms with Crippen molar-refractivity contribution in [3.63, 3.8) is 0 Å². The fraction of sp³-hybridized carbons (Fsp3) is 0.429. The molecular weight excluding hydrogens is 405 g/mol. The van der Waals surface area contributed by atoms with Gasteiger partial charge in [0.2, 0.25) is 5.95 Å². The number of benzene rings is 1. The van der Waals surface area contributed by atoms with Crippen LogP contribution in [-0.4, -0.2) is 57.1 Å². The van der Waals surface area contributed by atoms with Crippen molar-refractivity contribution in [1.29, 1.82) is 0 Å². The van der Waals surface area contributed by atoms with Gasteiger partial charge in [-0.25, -0.2) is 24.3 Å². The van der Waals surface area contributed by atoms with Gasteiger partial charge in [-0.2, -0.15) is 0 Å². The van der Waals surface area contributed by atoms with E-state index in [-0.39, 0.29) is 5.02 Å². The first-order valence-corrected chi connectivity index (χ1v) is 10.5. The normalized spacial score (nSPS) is 23.4. The van der Waals surface area contributed by atoms with E-state index in [0.717, 1.165) is 18.8 Å². The molecule has 0 radical (unpaired) electrons. The van der Waals surface area contributed by atoms with Crippen LogP contribution in [0.4, 0.5) is 21.8 Å². The molecule has 2 unspecified atom stereocenters. The molecule has 5 rings (SSSR count). The topological polar surface area (TPSA) is 70.1 Å². The maximum absolute atomic E-state index is 13.5. The number of anilines is 3. The van der Waals surface area contributed by atoms with E-state index >= 15 is 0 Å². The van der Waals surface area contributed by atoms with Crippen molar-refractivity contribution in [2.24, 2.45) is 0 Å². The Balaban J connectivity index is 1.48. The van der Waals surface area contributed by atoms with E-state index in [2.05, 4.69) is 44.2 Å². The average Bonchev–Trinajstić information content (AvgIpc) is 2.99. The van der Waals surface area contributed by atoms with Crippen LogP contribution in [0.25, 0.3) is 11.0 Å². The molecule has 9 heteroatoms. The molecule has 1 aromatic carbocycles. The van der Waals surface area contributed by atoms with Gasteiger partial charge in [-0.05, 0) is 58.0 Å². The van der Waals surface area contributed by atoms with Gasteiger partial charge in [-0.3, -0.25) is 0 Å². The number of fused-ring (bicyclic) bond motifs is 3. The molecule has 2 aromatic heterocycles. The zero-order valence-corrected chi connectivity index (χ0v) is 17.6. The Labute approximate surface area is 179 Å². The summed E-state index contributed by atoms with van der Waals surface area (Å²) >= 11 is 5.91. The lowest BCUT2D eigenvalue weighted by Crippen LogP contribution is -2.49. The summed E-state index contributed by atoms with van der Waals surface area (Å²) in [5.74, 6) is 0.806. The molecule has 7 nitrogen and oxygen atoms in total. The minimum atomic E-state index is -0.462. The third-order valence-electron chi connectivity index (χ3n) is 6.22. The molecule has 0 spiro atoms. The van der Waals surface area contributed by atoms with Gasteiger partial charge in [0, 0.05) is 23.8 Å². The fourth-order valence-electron chi connectivity index (χ4n) is 4.67. The third-order valence-corrected chi connectivity index (χ3v) is 6.51. The predicted octanol–water partition coefficient (Wildman–Crippen LogP) is 4.02. The van der Waals surface area contributed by atoms with Crippen LogP contribution in [0.3, 0.4) is 0 Å². The maximum Gasteiger partial charge on any atom is 0.226 e. The molecule has 0 amide bonds. The van der Waals surface area contributed by atoms with Crippen LogP contribution < -0.4 is 10.2 Å². The smallest absolute Gasteiger partial charge is 0.226 e. The predicted molar refractivity (Wildman–Crippen MR) is 116 cm³/mol. The van der Waals surface area contributed by atoms with Gasteiger partial charge in [0.25, 0.3) is 0 Å². The molecular formula is C21H23ClFN7. The Hall–Kier alpha value is -2.58. The van der Waals surface area contributed by atoms with E-state index in [1.807, 2.05) is 0 Å². The molecule has 1 N–H and O–H groups in total. The van der Waals surface area contributed by atoms with Crippen molar-refractivity contribution < 1.29 is 4.39 Å². The van der Waals surface area contributed by atoms with Crippen molar-refractivity contribution in [2.75, 3.05) is 24.3 Å². The van der Waals surface area contributed by atoms with Crippen molar-refractivity contribution >= 4 is 40.1 Å². The van der Waals surface area contributed by atoms with Crippen LogP contribution in [-0.2, 0) is 0 Å². The molecule has 3 aromatic rings. The van der Waals surface area contributed by atoms with Crippen molar-refractivity contribution in [3.8, 4) is 0 Å². The van der Waals surface area contributed by atoms with Crippen LogP contribution >= 0.6 is 11.6 Å². The van der Waals surface area contributed by atoms with Gasteiger partial charge in [0.05, 0.1) is 11.2 Å². The number of hydrogen-bond donors (Lipinski definition) is 1. The molecule has 4 heterocycles. The quantitative estimate of drug-likeness (QED) is 0.674. The molecule has 2 atom stereocenters. The summed E-state index contributed by atoms with van der Waals surface area (Å²) in [6.45, 7) is 0. The number of aromatic nitrogens is 4. The summed E-state index contributed by atoms with van der Waals surface area (Å²) in [4.78, 5) is 22.8. The Morgan fingerprint density at radius 2 is 1.90 bits per heavy atom. The van der Waals surface area contributed by atoms with E-state index in [1.165, 1.54) is 31.3 Å². The van der Waals surface area contributed by atoms with Gasteiger partial charge in [-0.1, -0.05) is 11.6 Å². The summed E-state index contributed by atoms with van der Waals surface area (Å²) in [5, 5.41) is 3.24. The lowest BCUT2D eigenvalue weighted by atomic mass is 9.97. The molecule has 0 saturated carbocycles. The molecule has 2 aliphatic rings. The Morgan fingerprint density at radius 3 is 2.60 bits per heavy atom. The first kappa shape index (κ1) is 19.4. The molecule has 2 bridgehead atoms. The second-order valence-corrected chi connectivity index (χ2v) is 8.67. The van der Waals surface area contributed by atoms with Crippen LogP contribution in [0, 0.1) is 5.82 Å². The van der Waals surface area contributed by atoms with E-state index in [1.54, 1.807) is 12.3 Å². The summed E-state index contributed by atoms with van der Waals surface area (Å²) < 4.78 is 13.5. The highest BCUT2D eigenvalue weighted by molar-refractivity contribution is 6.31. The van der Waals surface area contributed by atoms with E-state index in [4.69, 9.17) is 16.6 Å². The zero-order valence-electron chi connectivity index (χ0n) is 16.9. The lowest BCUT2D eigenvalue weighted by molar-refractivity contribution is 0.221. The molecule has 2 aliphatic heterocycles. The highest BCUT2D eigenvalue weighted by atomic mass is 35.5. The average molecular weight is 428 g/mol. The lowest BCUT2D eigenvalue weighted by Gasteiger charge is -2.41. The van der Waals surface area contributed by atoms with Gasteiger partial charge in [-0.15, -0.1) is 0 Å². The zero-order chi connectivity index (χ0) is 20.8. The van der Waals surface area contributed by atoms with Crippen LogP contribution in [0.1, 0.15) is 25.7 Å². The minimum absolute atomic E-state index is 0.0500. The number of piperidine rings is 1. The van der Waals surface area contributed by atoms with E-state index in [9.17, 15) is 4.39 Å². The van der Waals surface area contributed by atoms with Crippen molar-refractivity contribution in [3.05, 3.63) is 41.6 Å². The fourth-order valence-corrected chi connectivity index (χ4v) is 4.85. The van der Waals surface area contributed by atoms with Gasteiger partial charge in [0.1, 0.15) is 23.2 Å². The number of halogens is 2. The maximum atomic E-state index is 13.5. The van der Waals surface area contributed by atoms with Gasteiger partial charge >= 0.3 is 0 Å². The summed E-state index contributed by atoms with van der Waals surface area (Å²) in [6, 6.07) is 5.96. The molecule has 0 aliphatic carbocycles. The Kier molecular flexibility index (Phi) is 4.91. The molecule has 2 saturated heterocycles. The largest absolute Gasteiger partial charge is 0.338 e. The highest BCUT2D eigenvalue weighted by Crippen LogP contribution is 2.39. The number of rotatable bonds is 4. The molecule has 156 valence electrons. The molecule has 30 heavy (non-hydrogen) atoms. The van der Waals surface area contributed by atoms with Gasteiger partial charge < -0.3 is 15.1 Å². The number of nitrogens with one attached hydrogen (secondary N) is 1. The monoisotopic (exact) mass is 427 g/mol. The first-order valence-electron chi connectivity index (χ1n) is 10.1. The van der Waals surface area contributed by atoms with E-state index in [0.29, 0.717) is 40.7 Å². The molecule has 2 fully saturated rings. The van der Waals surface area contributed by atoms with Gasteiger partial charge in [0.15, 0.2) is 5.82 Å². The van der Waals surface area contributed by atoms with E-state index < -0.39 is 5.82 Å². The second kappa shape index (κ2) is 7.59. The number of hydrogen-bond acceptors (Lipinski definition) is 7. The second-order valence-electron chi connectivity index (χ2n) is 8.26. The van der Waals surface area contributed by atoms with Crippen molar-refractivity contribution in [2.45, 2.75) is 43.8 Å². The van der Waals surface area contributed by atoms with Crippen molar-refractivity contribution in [1.82, 2.24) is 24.8 Å². The van der Waals surface area contributed by atoms with Crippen LogP contribution in [0.15, 0.2) is 30.7 Å². The third kappa shape index (κ3) is 3.44. The SMILES string of the molecule is CN(C)C1CC2CCC(C1)N2c1ncc2ncnc(Nc3ccc(F)c(Cl)c3)c2n1. The minimum Gasteiger partial charge on any atom is -0.338 e. The highest BCUT2D eigenvalue weighted by Gasteiger charge is 2.42. The summed E-state index contributed by atoms with van der Waals surface area (Å²) in [7, 11) is 4.31. The Morgan fingerprint density at radius 1 is 1.13 bits per heavy atom.